The van der Waals surface area contributed by atoms with Crippen LogP contribution < -0.4 is 9.47 Å². The number of benzene rings is 1. The van der Waals surface area contributed by atoms with E-state index in [-0.39, 0.29) is 18.6 Å². The Bertz CT molecular complexity index is 377. The Morgan fingerprint density at radius 2 is 1.88 bits per heavy atom. The molecule has 0 saturated heterocycles. The van der Waals surface area contributed by atoms with Crippen LogP contribution in [-0.2, 0) is 0 Å². The van der Waals surface area contributed by atoms with E-state index in [1.807, 2.05) is 32.9 Å². The van der Waals surface area contributed by atoms with Gasteiger partial charge in [0.25, 0.3) is 0 Å². The van der Waals surface area contributed by atoms with Gasteiger partial charge in [-0.15, -0.1) is 0 Å². The molecule has 17 heavy (non-hydrogen) atoms. The van der Waals surface area contributed by atoms with Crippen LogP contribution in [0.4, 0.5) is 0 Å². The lowest BCUT2D eigenvalue weighted by Gasteiger charge is -2.18. The number of halogens is 1. The first-order chi connectivity index (χ1) is 7.99. The van der Waals surface area contributed by atoms with Crippen molar-refractivity contribution in [1.29, 1.82) is 0 Å². The summed E-state index contributed by atoms with van der Waals surface area (Å²) in [5.74, 6) is 1.46. The van der Waals surface area contributed by atoms with Crippen LogP contribution in [0.2, 0.25) is 0 Å². The standard InChI is InChI=1S/C13H19BrO3/c1-8(2)17-13-6-11(14)10(9(3)7-15)5-12(13)16-4/h5-6,8-9,15H,7H2,1-4H3. The molecule has 0 bridgehead atoms. The van der Waals surface area contributed by atoms with Gasteiger partial charge in [0.1, 0.15) is 0 Å². The number of hydrogen-bond donors (Lipinski definition) is 1. The SMILES string of the molecule is COc1cc(C(C)CO)c(Br)cc1OC(C)C. The second-order valence-electron chi connectivity index (χ2n) is 4.27. The molecule has 0 aromatic heterocycles. The maximum Gasteiger partial charge on any atom is 0.162 e. The number of methoxy groups -OCH3 is 1. The van der Waals surface area contributed by atoms with Crippen molar-refractivity contribution in [3.8, 4) is 11.5 Å². The molecule has 0 heterocycles. The molecule has 1 unspecified atom stereocenters. The van der Waals surface area contributed by atoms with Gasteiger partial charge in [-0.05, 0) is 31.5 Å². The van der Waals surface area contributed by atoms with Crippen LogP contribution in [-0.4, -0.2) is 24.9 Å². The number of hydrogen-bond acceptors (Lipinski definition) is 3. The van der Waals surface area contributed by atoms with Gasteiger partial charge in [-0.25, -0.2) is 0 Å². The minimum absolute atomic E-state index is 0.0615. The normalized spacial score (nSPS) is 12.6. The Labute approximate surface area is 111 Å². The zero-order valence-corrected chi connectivity index (χ0v) is 12.2. The summed E-state index contributed by atoms with van der Waals surface area (Å²) < 4.78 is 11.9. The summed E-state index contributed by atoms with van der Waals surface area (Å²) >= 11 is 3.50. The third-order valence-electron chi connectivity index (χ3n) is 2.45. The molecule has 1 rings (SSSR count). The fourth-order valence-electron chi connectivity index (χ4n) is 1.53. The fourth-order valence-corrected chi connectivity index (χ4v) is 2.25. The number of aliphatic hydroxyl groups is 1. The smallest absolute Gasteiger partial charge is 0.162 e. The summed E-state index contributed by atoms with van der Waals surface area (Å²) in [7, 11) is 1.61. The molecule has 0 saturated carbocycles. The molecule has 0 aliphatic carbocycles. The summed E-state index contributed by atoms with van der Waals surface area (Å²) in [6.07, 6.45) is 0.0944. The Kier molecular flexibility index (Phi) is 5.28. The molecule has 1 atom stereocenters. The van der Waals surface area contributed by atoms with Crippen molar-refractivity contribution in [3.05, 3.63) is 22.2 Å². The molecule has 0 aliphatic heterocycles. The van der Waals surface area contributed by atoms with E-state index in [2.05, 4.69) is 15.9 Å². The molecular formula is C13H19BrO3. The van der Waals surface area contributed by atoms with E-state index in [1.54, 1.807) is 7.11 Å². The van der Waals surface area contributed by atoms with Crippen molar-refractivity contribution >= 4 is 15.9 Å². The first kappa shape index (κ1) is 14.3. The van der Waals surface area contributed by atoms with Gasteiger partial charge in [0, 0.05) is 17.0 Å². The van der Waals surface area contributed by atoms with Crippen LogP contribution in [0.1, 0.15) is 32.3 Å². The van der Waals surface area contributed by atoms with Crippen molar-refractivity contribution in [3.63, 3.8) is 0 Å². The summed E-state index contributed by atoms with van der Waals surface area (Å²) in [4.78, 5) is 0. The molecule has 0 amide bonds. The fraction of sp³-hybridized carbons (Fsp3) is 0.538. The van der Waals surface area contributed by atoms with Crippen LogP contribution >= 0.6 is 15.9 Å². The average Bonchev–Trinajstić information content (AvgIpc) is 2.27. The Hall–Kier alpha value is -0.740. The monoisotopic (exact) mass is 302 g/mol. The maximum atomic E-state index is 9.20. The molecule has 96 valence electrons. The first-order valence-electron chi connectivity index (χ1n) is 5.64. The third kappa shape index (κ3) is 3.61. The van der Waals surface area contributed by atoms with Crippen molar-refractivity contribution in [2.75, 3.05) is 13.7 Å². The van der Waals surface area contributed by atoms with Crippen molar-refractivity contribution in [2.45, 2.75) is 32.8 Å². The first-order valence-corrected chi connectivity index (χ1v) is 6.43. The van der Waals surface area contributed by atoms with E-state index >= 15 is 0 Å². The molecule has 1 N–H and O–H groups in total. The summed E-state index contributed by atoms with van der Waals surface area (Å²) in [6.45, 7) is 6.00. The van der Waals surface area contributed by atoms with E-state index in [0.717, 1.165) is 10.0 Å². The van der Waals surface area contributed by atoms with E-state index in [1.165, 1.54) is 0 Å². The second kappa shape index (κ2) is 6.26. The zero-order valence-electron chi connectivity index (χ0n) is 10.7. The zero-order chi connectivity index (χ0) is 13.0. The molecule has 0 radical (unpaired) electrons. The summed E-state index contributed by atoms with van der Waals surface area (Å²) in [5.41, 5.74) is 1.01. The van der Waals surface area contributed by atoms with Gasteiger partial charge < -0.3 is 14.6 Å². The van der Waals surface area contributed by atoms with Gasteiger partial charge in [-0.2, -0.15) is 0 Å². The second-order valence-corrected chi connectivity index (χ2v) is 5.13. The molecule has 4 heteroatoms. The van der Waals surface area contributed by atoms with Crippen molar-refractivity contribution in [2.24, 2.45) is 0 Å². The lowest BCUT2D eigenvalue weighted by atomic mass is 10.0. The largest absolute Gasteiger partial charge is 0.493 e. The minimum Gasteiger partial charge on any atom is -0.493 e. The van der Waals surface area contributed by atoms with Gasteiger partial charge >= 0.3 is 0 Å². The van der Waals surface area contributed by atoms with Crippen LogP contribution in [0, 0.1) is 0 Å². The highest BCUT2D eigenvalue weighted by molar-refractivity contribution is 9.10. The van der Waals surface area contributed by atoms with Gasteiger partial charge in [-0.3, -0.25) is 0 Å². The Morgan fingerprint density at radius 1 is 1.24 bits per heavy atom. The van der Waals surface area contributed by atoms with Crippen LogP contribution in [0.3, 0.4) is 0 Å². The number of rotatable bonds is 5. The highest BCUT2D eigenvalue weighted by Crippen LogP contribution is 2.37. The van der Waals surface area contributed by atoms with E-state index in [0.29, 0.717) is 11.5 Å². The van der Waals surface area contributed by atoms with Gasteiger partial charge in [0.2, 0.25) is 0 Å². The minimum atomic E-state index is 0.0615. The van der Waals surface area contributed by atoms with Crippen molar-refractivity contribution < 1.29 is 14.6 Å². The van der Waals surface area contributed by atoms with E-state index in [9.17, 15) is 5.11 Å². The summed E-state index contributed by atoms with van der Waals surface area (Å²) in [5, 5.41) is 9.20. The van der Waals surface area contributed by atoms with Crippen LogP contribution in [0.5, 0.6) is 11.5 Å². The van der Waals surface area contributed by atoms with Crippen LogP contribution in [0.25, 0.3) is 0 Å². The topological polar surface area (TPSA) is 38.7 Å². The summed E-state index contributed by atoms with van der Waals surface area (Å²) in [6, 6.07) is 3.79. The lowest BCUT2D eigenvalue weighted by molar-refractivity contribution is 0.229. The highest BCUT2D eigenvalue weighted by Gasteiger charge is 2.15. The molecule has 0 aliphatic rings. The maximum absolute atomic E-state index is 9.20. The molecule has 0 spiro atoms. The van der Waals surface area contributed by atoms with E-state index < -0.39 is 0 Å². The predicted octanol–water partition coefficient (Wildman–Crippen LogP) is 3.34. The number of aliphatic hydroxyl groups excluding tert-OH is 1. The van der Waals surface area contributed by atoms with Crippen molar-refractivity contribution in [1.82, 2.24) is 0 Å². The van der Waals surface area contributed by atoms with Crippen LogP contribution in [0.15, 0.2) is 16.6 Å². The molecule has 3 nitrogen and oxygen atoms in total. The Morgan fingerprint density at radius 3 is 2.35 bits per heavy atom. The Balaban J connectivity index is 3.14. The van der Waals surface area contributed by atoms with Gasteiger partial charge in [-0.1, -0.05) is 22.9 Å². The number of ether oxygens (including phenoxy) is 2. The highest BCUT2D eigenvalue weighted by atomic mass is 79.9. The molecular weight excluding hydrogens is 284 g/mol. The third-order valence-corrected chi connectivity index (χ3v) is 3.14. The van der Waals surface area contributed by atoms with Gasteiger partial charge in [0.05, 0.1) is 13.2 Å². The molecule has 1 aromatic rings. The average molecular weight is 303 g/mol. The predicted molar refractivity (Wildman–Crippen MR) is 72.0 cm³/mol. The molecule has 0 fully saturated rings. The molecule has 1 aromatic carbocycles. The lowest BCUT2D eigenvalue weighted by Crippen LogP contribution is -2.08. The van der Waals surface area contributed by atoms with E-state index in [4.69, 9.17) is 9.47 Å². The quantitative estimate of drug-likeness (QED) is 0.906. The van der Waals surface area contributed by atoms with Gasteiger partial charge in [0.15, 0.2) is 11.5 Å².